The molecule has 2 aromatic rings. The average Bonchev–Trinajstić information content (AvgIpc) is 3.29. The Hall–Kier alpha value is -2.77. The quantitative estimate of drug-likeness (QED) is 0.776. The van der Waals surface area contributed by atoms with Crippen LogP contribution in [0, 0.1) is 18.3 Å². The maximum Gasteiger partial charge on any atom is 0.229 e. The van der Waals surface area contributed by atoms with Gasteiger partial charge in [-0.2, -0.15) is 15.3 Å². The first-order valence-corrected chi connectivity index (χ1v) is 10.8. The molecule has 3 fully saturated rings. The summed E-state index contributed by atoms with van der Waals surface area (Å²) in [4.78, 5) is 16.0. The van der Waals surface area contributed by atoms with Crippen molar-refractivity contribution in [2.45, 2.75) is 43.9 Å². The Kier molecular flexibility index (Phi) is 5.02. The van der Waals surface area contributed by atoms with Crippen LogP contribution in [-0.4, -0.2) is 80.1 Å². The van der Waals surface area contributed by atoms with Gasteiger partial charge >= 0.3 is 0 Å². The van der Waals surface area contributed by atoms with Gasteiger partial charge in [-0.1, -0.05) is 0 Å². The lowest BCUT2D eigenvalue weighted by Crippen LogP contribution is -2.73. The van der Waals surface area contributed by atoms with E-state index in [0.29, 0.717) is 31.4 Å². The molecule has 0 bridgehead atoms. The van der Waals surface area contributed by atoms with E-state index >= 15 is 0 Å². The molecular weight excluding hydrogens is 397 g/mol. The summed E-state index contributed by atoms with van der Waals surface area (Å²) >= 11 is 0. The van der Waals surface area contributed by atoms with E-state index < -0.39 is 6.17 Å². The lowest BCUT2D eigenvalue weighted by molar-refractivity contribution is -0.0296. The number of halogens is 1. The number of rotatable bonds is 5. The third-order valence-corrected chi connectivity index (χ3v) is 6.82. The van der Waals surface area contributed by atoms with Crippen LogP contribution in [0.2, 0.25) is 0 Å². The molecule has 0 aliphatic carbocycles. The minimum absolute atomic E-state index is 0.206. The van der Waals surface area contributed by atoms with Gasteiger partial charge in [-0.3, -0.25) is 14.5 Å². The second-order valence-electron chi connectivity index (χ2n) is 9.09. The van der Waals surface area contributed by atoms with Crippen molar-refractivity contribution in [1.82, 2.24) is 29.5 Å². The van der Waals surface area contributed by atoms with Gasteiger partial charge in [-0.25, -0.2) is 9.37 Å². The highest BCUT2D eigenvalue weighted by Crippen LogP contribution is 2.39. The fourth-order valence-corrected chi connectivity index (χ4v) is 5.19. The van der Waals surface area contributed by atoms with E-state index in [-0.39, 0.29) is 5.54 Å². The highest BCUT2D eigenvalue weighted by atomic mass is 19.1. The largest absolute Gasteiger partial charge is 0.352 e. The third-order valence-electron chi connectivity index (χ3n) is 6.82. The van der Waals surface area contributed by atoms with Crippen molar-refractivity contribution in [3.63, 3.8) is 0 Å². The van der Waals surface area contributed by atoms with Crippen molar-refractivity contribution in [3.05, 3.63) is 24.2 Å². The van der Waals surface area contributed by atoms with E-state index in [1.54, 1.807) is 10.9 Å². The molecule has 0 spiro atoms. The number of nitriles is 1. The summed E-state index contributed by atoms with van der Waals surface area (Å²) in [5.41, 5.74) is 1.63. The van der Waals surface area contributed by atoms with E-state index in [1.165, 1.54) is 0 Å². The monoisotopic (exact) mass is 425 g/mol. The van der Waals surface area contributed by atoms with Crippen LogP contribution < -0.4 is 10.2 Å². The molecule has 0 unspecified atom stereocenters. The van der Waals surface area contributed by atoms with E-state index in [9.17, 15) is 9.65 Å². The highest BCUT2D eigenvalue weighted by Gasteiger charge is 2.51. The predicted octanol–water partition coefficient (Wildman–Crippen LogP) is 1.81. The van der Waals surface area contributed by atoms with E-state index in [2.05, 4.69) is 36.2 Å². The molecule has 0 radical (unpaired) electrons. The van der Waals surface area contributed by atoms with Gasteiger partial charge in [0.2, 0.25) is 5.95 Å². The molecular formula is C21H28FN9. The lowest BCUT2D eigenvalue weighted by Gasteiger charge is -2.58. The third kappa shape index (κ3) is 3.72. The molecule has 5 rings (SSSR count). The Morgan fingerprint density at radius 2 is 2.19 bits per heavy atom. The summed E-state index contributed by atoms with van der Waals surface area (Å²) in [6.07, 6.45) is 6.79. The predicted molar refractivity (Wildman–Crippen MR) is 115 cm³/mol. The molecule has 5 heterocycles. The zero-order valence-electron chi connectivity index (χ0n) is 18.0. The Labute approximate surface area is 181 Å². The summed E-state index contributed by atoms with van der Waals surface area (Å²) in [6, 6.07) is 2.75. The molecule has 9 nitrogen and oxygen atoms in total. The molecule has 2 aromatic heterocycles. The first-order valence-electron chi connectivity index (χ1n) is 10.8. The Bertz CT molecular complexity index is 993. The van der Waals surface area contributed by atoms with Gasteiger partial charge in [-0.05, 0) is 19.8 Å². The van der Waals surface area contributed by atoms with Crippen molar-refractivity contribution in [2.24, 2.45) is 7.05 Å². The zero-order chi connectivity index (χ0) is 21.6. The molecule has 3 aliphatic heterocycles. The van der Waals surface area contributed by atoms with Crippen molar-refractivity contribution >= 4 is 17.5 Å². The van der Waals surface area contributed by atoms with Crippen molar-refractivity contribution in [3.8, 4) is 6.07 Å². The molecule has 3 saturated heterocycles. The van der Waals surface area contributed by atoms with Gasteiger partial charge in [0.25, 0.3) is 0 Å². The number of nitrogens with zero attached hydrogens (tertiary/aromatic N) is 8. The molecule has 0 amide bonds. The normalized spacial score (nSPS) is 25.7. The first-order chi connectivity index (χ1) is 15.0. The summed E-state index contributed by atoms with van der Waals surface area (Å²) in [5, 5.41) is 16.9. The van der Waals surface area contributed by atoms with Crippen LogP contribution >= 0.6 is 0 Å². The van der Waals surface area contributed by atoms with Crippen LogP contribution in [0.5, 0.6) is 0 Å². The second kappa shape index (κ2) is 7.73. The molecule has 0 saturated carbocycles. The molecule has 10 heteroatoms. The number of fused-ring (bicyclic) bond motifs is 1. The number of aromatic nitrogens is 4. The Morgan fingerprint density at radius 3 is 2.94 bits per heavy atom. The fraction of sp³-hybridized carbons (Fsp3) is 0.619. The van der Waals surface area contributed by atoms with E-state index in [0.717, 1.165) is 49.8 Å². The average molecular weight is 426 g/mol. The van der Waals surface area contributed by atoms with Gasteiger partial charge in [0, 0.05) is 57.2 Å². The standard InChI is InChI=1S/C21H28FN9/c1-15-8-24-20(26-17-9-25-28(2)11-17)27-19(15)30-12-21(13-30,4-5-23)31-6-3-18-7-16(22)10-29(18)14-31/h8-9,11,16,18H,3-4,6-7,10,12-14H2,1-2H3,(H,24,26,27)/t16-,18-/m1/s1. The Balaban J connectivity index is 1.30. The maximum absolute atomic E-state index is 13.9. The highest BCUT2D eigenvalue weighted by molar-refractivity contribution is 5.57. The zero-order valence-corrected chi connectivity index (χ0v) is 18.0. The fourth-order valence-electron chi connectivity index (χ4n) is 5.19. The number of alkyl halides is 1. The smallest absolute Gasteiger partial charge is 0.229 e. The molecule has 1 N–H and O–H groups in total. The number of aryl methyl sites for hydroxylation is 2. The van der Waals surface area contributed by atoms with Crippen LogP contribution in [0.25, 0.3) is 0 Å². The van der Waals surface area contributed by atoms with Crippen molar-refractivity contribution in [2.75, 3.05) is 43.1 Å². The summed E-state index contributed by atoms with van der Waals surface area (Å²) in [6.45, 7) is 5.66. The minimum Gasteiger partial charge on any atom is -0.352 e. The van der Waals surface area contributed by atoms with Gasteiger partial charge in [0.05, 0.1) is 36.6 Å². The first kappa shape index (κ1) is 20.2. The SMILES string of the molecule is Cc1cnc(Nc2cnn(C)c2)nc1N1CC(CC#N)(N2CC[C@@H]3C[C@@H](F)CN3C2)C1. The van der Waals surface area contributed by atoms with E-state index in [1.807, 2.05) is 26.4 Å². The van der Waals surface area contributed by atoms with Crippen molar-refractivity contribution in [1.29, 1.82) is 5.26 Å². The van der Waals surface area contributed by atoms with Gasteiger partial charge < -0.3 is 10.2 Å². The van der Waals surface area contributed by atoms with Crippen LogP contribution in [0.15, 0.2) is 18.6 Å². The summed E-state index contributed by atoms with van der Waals surface area (Å²) < 4.78 is 15.6. The second-order valence-corrected chi connectivity index (χ2v) is 9.09. The van der Waals surface area contributed by atoms with Gasteiger partial charge in [0.1, 0.15) is 12.0 Å². The van der Waals surface area contributed by atoms with Gasteiger partial charge in [-0.15, -0.1) is 0 Å². The number of nitrogens with one attached hydrogen (secondary N) is 1. The van der Waals surface area contributed by atoms with Crippen LogP contribution in [0.4, 0.5) is 21.8 Å². The summed E-state index contributed by atoms with van der Waals surface area (Å²) in [7, 11) is 1.86. The van der Waals surface area contributed by atoms with Crippen LogP contribution in [0.1, 0.15) is 24.8 Å². The topological polar surface area (TPSA) is 89.1 Å². The number of hydrogen-bond acceptors (Lipinski definition) is 8. The van der Waals surface area contributed by atoms with Crippen LogP contribution in [0.3, 0.4) is 0 Å². The molecule has 0 aromatic carbocycles. The number of anilines is 3. The van der Waals surface area contributed by atoms with E-state index in [4.69, 9.17) is 4.98 Å². The molecule has 164 valence electrons. The number of hydrogen-bond donors (Lipinski definition) is 1. The van der Waals surface area contributed by atoms with Gasteiger partial charge in [0.15, 0.2) is 0 Å². The van der Waals surface area contributed by atoms with Crippen molar-refractivity contribution < 1.29 is 4.39 Å². The van der Waals surface area contributed by atoms with Crippen LogP contribution in [-0.2, 0) is 7.05 Å². The molecule has 31 heavy (non-hydrogen) atoms. The summed E-state index contributed by atoms with van der Waals surface area (Å²) in [5.74, 6) is 1.41. The maximum atomic E-state index is 13.9. The molecule has 2 atom stereocenters. The lowest BCUT2D eigenvalue weighted by atomic mass is 9.83. The Morgan fingerprint density at radius 1 is 1.35 bits per heavy atom. The molecule has 3 aliphatic rings. The minimum atomic E-state index is -0.718.